The molecule has 1 unspecified atom stereocenters. The molecule has 6 nitrogen and oxygen atoms in total. The molecule has 0 spiro atoms. The summed E-state index contributed by atoms with van der Waals surface area (Å²) >= 11 is 0. The van der Waals surface area contributed by atoms with E-state index in [4.69, 9.17) is 19.3 Å². The van der Waals surface area contributed by atoms with E-state index in [-0.39, 0.29) is 11.9 Å². The Morgan fingerprint density at radius 1 is 1.03 bits per heavy atom. The van der Waals surface area contributed by atoms with Gasteiger partial charge in [-0.15, -0.1) is 0 Å². The molecule has 0 saturated carbocycles. The average Bonchev–Trinajstić information content (AvgIpc) is 2.75. The topological polar surface area (TPSA) is 85.2 Å². The molecule has 2 N–H and O–H groups in total. The molecule has 1 atom stereocenters. The summed E-state index contributed by atoms with van der Waals surface area (Å²) in [6, 6.07) is 12.8. The van der Waals surface area contributed by atoms with Gasteiger partial charge in [-0.3, -0.25) is 0 Å². The molecule has 0 aliphatic rings. The molecule has 0 amide bonds. The molecule has 0 aromatic heterocycles. The Labute approximate surface area is 184 Å². The van der Waals surface area contributed by atoms with Crippen molar-refractivity contribution in [3.8, 4) is 17.2 Å². The first kappa shape index (κ1) is 24.3. The minimum Gasteiger partial charge on any atom is -0.508 e. The second-order valence-electron chi connectivity index (χ2n) is 7.09. The molecule has 0 aliphatic carbocycles. The Kier molecular flexibility index (Phi) is 10.4. The Bertz CT molecular complexity index is 828. The van der Waals surface area contributed by atoms with Crippen LogP contribution in [0.3, 0.4) is 0 Å². The quantitative estimate of drug-likeness (QED) is 0.314. The van der Waals surface area contributed by atoms with Crippen molar-refractivity contribution in [1.82, 2.24) is 0 Å². The third-order valence-electron chi connectivity index (χ3n) is 4.66. The summed E-state index contributed by atoms with van der Waals surface area (Å²) in [6.07, 6.45) is 5.59. The van der Waals surface area contributed by atoms with E-state index in [0.29, 0.717) is 44.2 Å². The first-order valence-corrected chi connectivity index (χ1v) is 10.7. The average molecular weight is 429 g/mol. The smallest absolute Gasteiger partial charge is 0.327 e. The molecule has 6 heteroatoms. The van der Waals surface area contributed by atoms with Crippen LogP contribution in [-0.2, 0) is 16.0 Å². The number of hydrogen-bond acceptors (Lipinski definition) is 5. The molecule has 2 rings (SSSR count). The van der Waals surface area contributed by atoms with Crippen molar-refractivity contribution >= 4 is 5.97 Å². The van der Waals surface area contributed by atoms with Crippen LogP contribution in [0.5, 0.6) is 17.2 Å². The van der Waals surface area contributed by atoms with Crippen molar-refractivity contribution in [2.45, 2.75) is 45.6 Å². The Hall–Kier alpha value is -2.99. The van der Waals surface area contributed by atoms with E-state index in [1.165, 1.54) is 0 Å². The lowest BCUT2D eigenvalue weighted by atomic mass is 10.1. The van der Waals surface area contributed by atoms with E-state index in [2.05, 4.69) is 6.92 Å². The van der Waals surface area contributed by atoms with Gasteiger partial charge in [-0.2, -0.15) is 0 Å². The highest BCUT2D eigenvalue weighted by atomic mass is 16.5. The molecule has 0 bridgehead atoms. The van der Waals surface area contributed by atoms with Gasteiger partial charge in [0.1, 0.15) is 5.75 Å². The minimum atomic E-state index is -0.976. The van der Waals surface area contributed by atoms with Gasteiger partial charge in [0, 0.05) is 19.1 Å². The highest BCUT2D eigenvalue weighted by molar-refractivity contribution is 5.79. The summed E-state index contributed by atoms with van der Waals surface area (Å²) in [7, 11) is 0. The molecule has 0 fully saturated rings. The van der Waals surface area contributed by atoms with E-state index in [9.17, 15) is 9.90 Å². The number of aliphatic carboxylic acids is 1. The molecular weight excluding hydrogens is 396 g/mol. The van der Waals surface area contributed by atoms with Gasteiger partial charge in [0.2, 0.25) is 0 Å². The zero-order chi connectivity index (χ0) is 22.5. The van der Waals surface area contributed by atoms with E-state index >= 15 is 0 Å². The Morgan fingerprint density at radius 3 is 2.45 bits per heavy atom. The first-order chi connectivity index (χ1) is 15.0. The number of carboxylic acid groups (broad SMARTS) is 1. The molecule has 0 aliphatic heterocycles. The molecule has 168 valence electrons. The molecule has 0 heterocycles. The largest absolute Gasteiger partial charge is 0.508 e. The van der Waals surface area contributed by atoms with Gasteiger partial charge >= 0.3 is 5.97 Å². The van der Waals surface area contributed by atoms with Crippen LogP contribution in [-0.4, -0.2) is 36.0 Å². The van der Waals surface area contributed by atoms with Crippen LogP contribution >= 0.6 is 0 Å². The van der Waals surface area contributed by atoms with Crippen molar-refractivity contribution in [2.75, 3.05) is 19.8 Å². The van der Waals surface area contributed by atoms with E-state index in [1.54, 1.807) is 18.2 Å². The Morgan fingerprint density at radius 2 is 1.77 bits per heavy atom. The maximum absolute atomic E-state index is 10.8. The summed E-state index contributed by atoms with van der Waals surface area (Å²) in [5, 5.41) is 18.2. The number of carbonyl (C=O) groups is 1. The van der Waals surface area contributed by atoms with Crippen LogP contribution in [0.1, 0.15) is 50.3 Å². The molecule has 0 saturated heterocycles. The molecule has 0 radical (unpaired) electrons. The van der Waals surface area contributed by atoms with Gasteiger partial charge in [0.25, 0.3) is 0 Å². The van der Waals surface area contributed by atoms with Crippen LogP contribution in [0.25, 0.3) is 0 Å². The van der Waals surface area contributed by atoms with Gasteiger partial charge in [-0.1, -0.05) is 37.6 Å². The second kappa shape index (κ2) is 13.3. The van der Waals surface area contributed by atoms with Gasteiger partial charge in [0.15, 0.2) is 11.5 Å². The van der Waals surface area contributed by atoms with Crippen molar-refractivity contribution in [3.63, 3.8) is 0 Å². The first-order valence-electron chi connectivity index (χ1n) is 10.7. The van der Waals surface area contributed by atoms with E-state index in [1.807, 2.05) is 37.3 Å². The monoisotopic (exact) mass is 428 g/mol. The van der Waals surface area contributed by atoms with Crippen molar-refractivity contribution in [1.29, 1.82) is 0 Å². The highest BCUT2D eigenvalue weighted by Crippen LogP contribution is 2.33. The number of aromatic hydroxyl groups is 1. The maximum Gasteiger partial charge on any atom is 0.327 e. The van der Waals surface area contributed by atoms with E-state index in [0.717, 1.165) is 30.0 Å². The number of phenolic OH excluding ortho intramolecular Hbond substituents is 1. The summed E-state index contributed by atoms with van der Waals surface area (Å²) in [5.74, 6) is 0.587. The molecule has 31 heavy (non-hydrogen) atoms. The zero-order valence-corrected chi connectivity index (χ0v) is 18.3. The summed E-state index contributed by atoms with van der Waals surface area (Å²) in [6.45, 7) is 5.60. The fourth-order valence-electron chi connectivity index (χ4n) is 3.02. The van der Waals surface area contributed by atoms with Crippen LogP contribution in [0, 0.1) is 0 Å². The number of unbranched alkanes of at least 4 members (excludes halogenated alkanes) is 1. The molecular formula is C25H32O6. The van der Waals surface area contributed by atoms with Crippen LogP contribution in [0.2, 0.25) is 0 Å². The number of ether oxygens (including phenoxy) is 3. The maximum atomic E-state index is 10.8. The standard InChI is InChI=1S/C25H32O6/c1-3-5-16-30-24-18-20(22(29-4-2)7-6-8-25(27)28)11-14-23(24)31-17-15-19-9-12-21(26)13-10-19/h6,8-14,18,22,26H,3-5,7,15-17H2,1-2H3,(H,27,28). The minimum absolute atomic E-state index is 0.244. The number of phenols is 1. The van der Waals surface area contributed by atoms with Crippen LogP contribution in [0.4, 0.5) is 0 Å². The fourth-order valence-corrected chi connectivity index (χ4v) is 3.02. The number of carboxylic acids is 1. The third kappa shape index (κ3) is 8.72. The summed E-state index contributed by atoms with van der Waals surface area (Å²) in [4.78, 5) is 10.8. The van der Waals surface area contributed by atoms with Gasteiger partial charge < -0.3 is 24.4 Å². The van der Waals surface area contributed by atoms with E-state index < -0.39 is 5.97 Å². The van der Waals surface area contributed by atoms with Crippen LogP contribution < -0.4 is 9.47 Å². The van der Waals surface area contributed by atoms with Gasteiger partial charge in [-0.05, 0) is 55.2 Å². The fraction of sp³-hybridized carbons (Fsp3) is 0.400. The molecule has 2 aromatic carbocycles. The van der Waals surface area contributed by atoms with Crippen molar-refractivity contribution in [2.24, 2.45) is 0 Å². The van der Waals surface area contributed by atoms with Crippen molar-refractivity contribution in [3.05, 3.63) is 65.7 Å². The second-order valence-corrected chi connectivity index (χ2v) is 7.09. The lowest BCUT2D eigenvalue weighted by Gasteiger charge is -2.19. The molecule has 2 aromatic rings. The Balaban J connectivity index is 2.12. The SMILES string of the molecule is CCCCOc1cc(C(CC=CC(=O)O)OCC)ccc1OCCc1ccc(O)cc1. The predicted octanol–water partition coefficient (Wildman–Crippen LogP) is 5.30. The summed E-state index contributed by atoms with van der Waals surface area (Å²) < 4.78 is 17.8. The predicted molar refractivity (Wildman–Crippen MR) is 120 cm³/mol. The number of benzene rings is 2. The van der Waals surface area contributed by atoms with Gasteiger partial charge in [-0.25, -0.2) is 4.79 Å². The van der Waals surface area contributed by atoms with Crippen LogP contribution in [0.15, 0.2) is 54.6 Å². The number of rotatable bonds is 14. The normalized spacial score (nSPS) is 12.1. The number of hydrogen-bond donors (Lipinski definition) is 2. The lowest BCUT2D eigenvalue weighted by Crippen LogP contribution is -2.07. The lowest BCUT2D eigenvalue weighted by molar-refractivity contribution is -0.131. The summed E-state index contributed by atoms with van der Waals surface area (Å²) in [5.41, 5.74) is 1.98. The van der Waals surface area contributed by atoms with Gasteiger partial charge in [0.05, 0.1) is 19.3 Å². The third-order valence-corrected chi connectivity index (χ3v) is 4.66. The zero-order valence-electron chi connectivity index (χ0n) is 18.3. The van der Waals surface area contributed by atoms with Crippen molar-refractivity contribution < 1.29 is 29.2 Å². The highest BCUT2D eigenvalue weighted by Gasteiger charge is 2.15.